The molecule has 0 saturated heterocycles. The second-order valence-electron chi connectivity index (χ2n) is 4.42. The van der Waals surface area contributed by atoms with E-state index < -0.39 is 31.2 Å². The summed E-state index contributed by atoms with van der Waals surface area (Å²) in [5, 5.41) is 1.58. The Labute approximate surface area is 136 Å². The number of carbonyl (C=O) groups is 2. The van der Waals surface area contributed by atoms with Crippen molar-refractivity contribution in [1.29, 1.82) is 0 Å². The second-order valence-corrected chi connectivity index (χ2v) is 4.42. The van der Waals surface area contributed by atoms with E-state index in [1.165, 1.54) is 20.3 Å². The van der Waals surface area contributed by atoms with Crippen LogP contribution in [0, 0.1) is 0 Å². The number of halogens is 3. The van der Waals surface area contributed by atoms with E-state index >= 15 is 0 Å². The highest BCUT2D eigenvalue weighted by Gasteiger charge is 2.27. The summed E-state index contributed by atoms with van der Waals surface area (Å²) >= 11 is 0. The smallest absolute Gasteiger partial charge is 0.405 e. The molecule has 0 unspecified atom stereocenters. The van der Waals surface area contributed by atoms with Gasteiger partial charge >= 0.3 is 12.1 Å². The molecule has 1 amide bonds. The summed E-state index contributed by atoms with van der Waals surface area (Å²) in [6.07, 6.45) is -2.13. The highest BCUT2D eigenvalue weighted by atomic mass is 19.4. The lowest BCUT2D eigenvalue weighted by Gasteiger charge is -2.10. The SMILES string of the molecule is COc1cccc(/C=C/C(=O)OCC(=O)NCC(F)(F)F)c1OC. The van der Waals surface area contributed by atoms with Gasteiger partial charge in [0, 0.05) is 11.6 Å². The molecule has 0 aliphatic rings. The van der Waals surface area contributed by atoms with Crippen molar-refractivity contribution in [3.05, 3.63) is 29.8 Å². The van der Waals surface area contributed by atoms with Crippen molar-refractivity contribution >= 4 is 18.0 Å². The number of amides is 1. The van der Waals surface area contributed by atoms with Gasteiger partial charge in [-0.1, -0.05) is 12.1 Å². The molecule has 0 atom stereocenters. The van der Waals surface area contributed by atoms with Gasteiger partial charge in [-0.2, -0.15) is 13.2 Å². The summed E-state index contributed by atoms with van der Waals surface area (Å²) in [6, 6.07) is 5.00. The monoisotopic (exact) mass is 347 g/mol. The van der Waals surface area contributed by atoms with Crippen molar-refractivity contribution in [2.45, 2.75) is 6.18 Å². The normalized spacial score (nSPS) is 11.2. The molecule has 0 aliphatic heterocycles. The third-order valence-electron chi connectivity index (χ3n) is 2.66. The van der Waals surface area contributed by atoms with Gasteiger partial charge in [-0.3, -0.25) is 4.79 Å². The van der Waals surface area contributed by atoms with Crippen molar-refractivity contribution in [2.75, 3.05) is 27.4 Å². The molecule has 0 aromatic heterocycles. The first-order chi connectivity index (χ1) is 11.3. The van der Waals surface area contributed by atoms with Gasteiger partial charge in [-0.25, -0.2) is 4.79 Å². The largest absolute Gasteiger partial charge is 0.493 e. The number of para-hydroxylation sites is 1. The number of carbonyl (C=O) groups excluding carboxylic acids is 2. The van der Waals surface area contributed by atoms with Crippen LogP contribution in [0.15, 0.2) is 24.3 Å². The van der Waals surface area contributed by atoms with E-state index in [4.69, 9.17) is 9.47 Å². The quantitative estimate of drug-likeness (QED) is 0.603. The van der Waals surface area contributed by atoms with E-state index in [2.05, 4.69) is 4.74 Å². The van der Waals surface area contributed by atoms with E-state index in [-0.39, 0.29) is 0 Å². The molecule has 6 nitrogen and oxygen atoms in total. The van der Waals surface area contributed by atoms with Crippen LogP contribution in [0.25, 0.3) is 6.08 Å². The molecule has 1 aromatic rings. The predicted octanol–water partition coefficient (Wildman–Crippen LogP) is 1.94. The van der Waals surface area contributed by atoms with Crippen LogP contribution < -0.4 is 14.8 Å². The number of esters is 1. The molecular formula is C15H16F3NO5. The van der Waals surface area contributed by atoms with Crippen molar-refractivity contribution in [1.82, 2.24) is 5.32 Å². The minimum atomic E-state index is -4.53. The van der Waals surface area contributed by atoms with Crippen LogP contribution in [-0.4, -0.2) is 45.4 Å². The van der Waals surface area contributed by atoms with E-state index in [1.54, 1.807) is 23.5 Å². The fourth-order valence-electron chi connectivity index (χ4n) is 1.64. The minimum absolute atomic E-state index is 0.395. The van der Waals surface area contributed by atoms with Crippen molar-refractivity contribution in [3.8, 4) is 11.5 Å². The lowest BCUT2D eigenvalue weighted by Crippen LogP contribution is -2.36. The number of alkyl halides is 3. The fourth-order valence-corrected chi connectivity index (χ4v) is 1.64. The maximum atomic E-state index is 11.9. The Kier molecular flexibility index (Phi) is 7.09. The van der Waals surface area contributed by atoms with Crippen LogP contribution in [0.5, 0.6) is 11.5 Å². The van der Waals surface area contributed by atoms with Gasteiger partial charge in [-0.05, 0) is 12.1 Å². The van der Waals surface area contributed by atoms with Gasteiger partial charge in [0.1, 0.15) is 6.54 Å². The summed E-state index contributed by atoms with van der Waals surface area (Å²) in [5.41, 5.74) is 0.523. The van der Waals surface area contributed by atoms with Gasteiger partial charge in [0.2, 0.25) is 0 Å². The highest BCUT2D eigenvalue weighted by Crippen LogP contribution is 2.31. The van der Waals surface area contributed by atoms with Crippen LogP contribution in [0.3, 0.4) is 0 Å². The number of nitrogens with one attached hydrogen (secondary N) is 1. The molecule has 1 N–H and O–H groups in total. The van der Waals surface area contributed by atoms with Crippen LogP contribution in [0.4, 0.5) is 13.2 Å². The summed E-state index contributed by atoms with van der Waals surface area (Å²) < 4.78 is 50.5. The molecule has 0 spiro atoms. The first-order valence-corrected chi connectivity index (χ1v) is 6.66. The number of ether oxygens (including phenoxy) is 3. The summed E-state index contributed by atoms with van der Waals surface area (Å²) in [6.45, 7) is -2.30. The van der Waals surface area contributed by atoms with E-state index in [0.717, 1.165) is 6.08 Å². The minimum Gasteiger partial charge on any atom is -0.493 e. The number of hydrogen-bond acceptors (Lipinski definition) is 5. The lowest BCUT2D eigenvalue weighted by atomic mass is 10.1. The maximum absolute atomic E-state index is 11.9. The molecule has 1 aromatic carbocycles. The van der Waals surface area contributed by atoms with Crippen molar-refractivity contribution in [3.63, 3.8) is 0 Å². The van der Waals surface area contributed by atoms with Gasteiger partial charge in [0.05, 0.1) is 14.2 Å². The zero-order chi connectivity index (χ0) is 18.2. The topological polar surface area (TPSA) is 73.9 Å². The Morgan fingerprint density at radius 2 is 1.92 bits per heavy atom. The standard InChI is InChI=1S/C15H16F3NO5/c1-22-11-5-3-4-10(14(11)23-2)6-7-13(21)24-8-12(20)19-9-15(16,17)18/h3-7H,8-9H2,1-2H3,(H,19,20)/b7-6+. The zero-order valence-electron chi connectivity index (χ0n) is 13.0. The molecule has 1 rings (SSSR count). The molecular weight excluding hydrogens is 331 g/mol. The van der Waals surface area contributed by atoms with Crippen molar-refractivity contribution < 1.29 is 37.0 Å². The van der Waals surface area contributed by atoms with Crippen LogP contribution in [-0.2, 0) is 14.3 Å². The van der Waals surface area contributed by atoms with Gasteiger partial charge < -0.3 is 19.5 Å². The Bertz CT molecular complexity index is 614. The number of benzene rings is 1. The summed E-state index contributed by atoms with van der Waals surface area (Å²) in [5.74, 6) is -1.08. The van der Waals surface area contributed by atoms with E-state index in [9.17, 15) is 22.8 Å². The van der Waals surface area contributed by atoms with Gasteiger partial charge in [-0.15, -0.1) is 0 Å². The molecule has 0 fully saturated rings. The number of hydrogen-bond donors (Lipinski definition) is 1. The van der Waals surface area contributed by atoms with E-state index in [1.807, 2.05) is 0 Å². The molecule has 0 saturated carbocycles. The predicted molar refractivity (Wildman–Crippen MR) is 78.6 cm³/mol. The Morgan fingerprint density at radius 3 is 2.50 bits per heavy atom. The molecule has 0 bridgehead atoms. The average Bonchev–Trinajstić information content (AvgIpc) is 2.54. The molecule has 0 aliphatic carbocycles. The molecule has 9 heteroatoms. The van der Waals surface area contributed by atoms with Gasteiger partial charge in [0.15, 0.2) is 18.1 Å². The van der Waals surface area contributed by atoms with Crippen LogP contribution in [0.2, 0.25) is 0 Å². The highest BCUT2D eigenvalue weighted by molar-refractivity contribution is 5.89. The molecule has 132 valence electrons. The lowest BCUT2D eigenvalue weighted by molar-refractivity contribution is -0.148. The van der Waals surface area contributed by atoms with Crippen LogP contribution >= 0.6 is 0 Å². The second kappa shape index (κ2) is 8.80. The summed E-state index contributed by atoms with van der Waals surface area (Å²) in [4.78, 5) is 22.6. The average molecular weight is 347 g/mol. The van der Waals surface area contributed by atoms with Crippen LogP contribution in [0.1, 0.15) is 5.56 Å². The van der Waals surface area contributed by atoms with Crippen molar-refractivity contribution in [2.24, 2.45) is 0 Å². The third-order valence-corrected chi connectivity index (χ3v) is 2.66. The van der Waals surface area contributed by atoms with E-state index in [0.29, 0.717) is 17.1 Å². The zero-order valence-corrected chi connectivity index (χ0v) is 13.0. The first kappa shape index (κ1) is 19.3. The molecule has 0 heterocycles. The maximum Gasteiger partial charge on any atom is 0.405 e. The molecule has 0 radical (unpaired) electrons. The number of methoxy groups -OCH3 is 2. The number of rotatable bonds is 7. The third kappa shape index (κ3) is 6.59. The molecule has 24 heavy (non-hydrogen) atoms. The van der Waals surface area contributed by atoms with Gasteiger partial charge in [0.25, 0.3) is 5.91 Å². The fraction of sp³-hybridized carbons (Fsp3) is 0.333. The first-order valence-electron chi connectivity index (χ1n) is 6.66. The summed E-state index contributed by atoms with van der Waals surface area (Å²) in [7, 11) is 2.89. The Hall–Kier alpha value is -2.71. The Morgan fingerprint density at radius 1 is 1.21 bits per heavy atom. The Balaban J connectivity index is 2.56.